The van der Waals surface area contributed by atoms with E-state index < -0.39 is 0 Å². The van der Waals surface area contributed by atoms with Crippen LogP contribution in [0.4, 0.5) is 0 Å². The van der Waals surface area contributed by atoms with Gasteiger partial charge in [-0.2, -0.15) is 0 Å². The molecular formula is C30H50O2. The maximum absolute atomic E-state index is 12.1. The second-order valence-electron chi connectivity index (χ2n) is 12.6. The van der Waals surface area contributed by atoms with Crippen molar-refractivity contribution in [2.24, 2.45) is 40.4 Å². The molecule has 0 aromatic heterocycles. The Hall–Kier alpha value is -0.790. The SMILES string of the molecule is CCCCC[C@@H](C)[C@H]1CC[C@H]2[C@@H]3CC=C4C[C@@H](OC(=O)CCC)CC[C@]4(C)[C@H]3CC[C@]12C. The number of hydrogen-bond donors (Lipinski definition) is 0. The zero-order valence-corrected chi connectivity index (χ0v) is 21.8. The summed E-state index contributed by atoms with van der Waals surface area (Å²) in [5.74, 6) is 4.50. The standard InChI is InChI=1S/C30H50O2/c1-6-8-9-11-21(3)25-14-15-26-24-13-12-22-20-23(32-28(31)10-7-2)16-18-29(22,4)27(24)17-19-30(25,26)5/h12,21,23-27H,6-11,13-20H2,1-5H3/t21-,23+,24+,25-,26+,27+,29+,30-/m1/s1. The lowest BCUT2D eigenvalue weighted by atomic mass is 9.47. The molecule has 2 heteroatoms. The van der Waals surface area contributed by atoms with Crippen molar-refractivity contribution >= 4 is 5.97 Å². The second-order valence-corrected chi connectivity index (χ2v) is 12.6. The number of allylic oxidation sites excluding steroid dienone is 1. The Kier molecular flexibility index (Phi) is 7.48. The molecule has 32 heavy (non-hydrogen) atoms. The Morgan fingerprint density at radius 2 is 1.88 bits per heavy atom. The molecule has 4 rings (SSSR count). The van der Waals surface area contributed by atoms with E-state index in [4.69, 9.17) is 4.74 Å². The minimum atomic E-state index is 0.00822. The van der Waals surface area contributed by atoms with E-state index in [0.717, 1.165) is 48.9 Å². The van der Waals surface area contributed by atoms with Gasteiger partial charge in [-0.1, -0.05) is 72.0 Å². The van der Waals surface area contributed by atoms with Crippen LogP contribution in [0.3, 0.4) is 0 Å². The number of unbranched alkanes of at least 4 members (excludes halogenated alkanes) is 2. The number of carbonyl (C=O) groups excluding carboxylic acids is 1. The highest BCUT2D eigenvalue weighted by Gasteiger charge is 2.59. The quantitative estimate of drug-likeness (QED) is 0.214. The van der Waals surface area contributed by atoms with Gasteiger partial charge in [0.25, 0.3) is 0 Å². The molecule has 0 unspecified atom stereocenters. The van der Waals surface area contributed by atoms with Gasteiger partial charge in [0.15, 0.2) is 0 Å². The smallest absolute Gasteiger partial charge is 0.306 e. The lowest BCUT2D eigenvalue weighted by Crippen LogP contribution is -2.51. The fraction of sp³-hybridized carbons (Fsp3) is 0.900. The van der Waals surface area contributed by atoms with Gasteiger partial charge in [0, 0.05) is 12.8 Å². The van der Waals surface area contributed by atoms with Crippen molar-refractivity contribution in [3.8, 4) is 0 Å². The minimum Gasteiger partial charge on any atom is -0.462 e. The van der Waals surface area contributed by atoms with E-state index in [1.54, 1.807) is 5.57 Å². The lowest BCUT2D eigenvalue weighted by molar-refractivity contribution is -0.151. The largest absolute Gasteiger partial charge is 0.462 e. The van der Waals surface area contributed by atoms with Gasteiger partial charge in [0.05, 0.1) is 0 Å². The third kappa shape index (κ3) is 4.34. The average molecular weight is 443 g/mol. The monoisotopic (exact) mass is 442 g/mol. The van der Waals surface area contributed by atoms with Crippen LogP contribution in [0.5, 0.6) is 0 Å². The molecule has 0 spiro atoms. The first-order chi connectivity index (χ1) is 15.3. The van der Waals surface area contributed by atoms with Crippen molar-refractivity contribution in [2.75, 3.05) is 0 Å². The van der Waals surface area contributed by atoms with Crippen molar-refractivity contribution < 1.29 is 9.53 Å². The molecule has 0 radical (unpaired) electrons. The van der Waals surface area contributed by atoms with Crippen LogP contribution in [0.1, 0.15) is 125 Å². The lowest BCUT2D eigenvalue weighted by Gasteiger charge is -2.58. The number of rotatable bonds is 8. The highest BCUT2D eigenvalue weighted by molar-refractivity contribution is 5.69. The Morgan fingerprint density at radius 1 is 1.06 bits per heavy atom. The van der Waals surface area contributed by atoms with Gasteiger partial charge in [-0.05, 0) is 91.8 Å². The normalized spacial score (nSPS) is 41.8. The summed E-state index contributed by atoms with van der Waals surface area (Å²) in [4.78, 5) is 12.1. The van der Waals surface area contributed by atoms with E-state index in [1.165, 1.54) is 64.2 Å². The summed E-state index contributed by atoms with van der Waals surface area (Å²) in [6, 6.07) is 0. The molecule has 0 aromatic rings. The van der Waals surface area contributed by atoms with Crippen LogP contribution in [-0.4, -0.2) is 12.1 Å². The molecule has 0 amide bonds. The summed E-state index contributed by atoms with van der Waals surface area (Å²) >= 11 is 0. The van der Waals surface area contributed by atoms with Crippen molar-refractivity contribution in [1.82, 2.24) is 0 Å². The number of hydrogen-bond acceptors (Lipinski definition) is 2. The first kappa shape index (κ1) is 24.3. The van der Waals surface area contributed by atoms with E-state index in [2.05, 4.69) is 40.7 Å². The maximum Gasteiger partial charge on any atom is 0.306 e. The van der Waals surface area contributed by atoms with E-state index in [-0.39, 0.29) is 12.1 Å². The summed E-state index contributed by atoms with van der Waals surface area (Å²) in [6.45, 7) is 12.2. The van der Waals surface area contributed by atoms with Gasteiger partial charge in [-0.15, -0.1) is 0 Å². The van der Waals surface area contributed by atoms with Gasteiger partial charge >= 0.3 is 5.97 Å². The van der Waals surface area contributed by atoms with Crippen molar-refractivity contribution in [3.05, 3.63) is 11.6 Å². The van der Waals surface area contributed by atoms with Gasteiger partial charge in [0.2, 0.25) is 0 Å². The van der Waals surface area contributed by atoms with E-state index >= 15 is 0 Å². The van der Waals surface area contributed by atoms with Gasteiger partial charge < -0.3 is 4.74 Å². The summed E-state index contributed by atoms with van der Waals surface area (Å²) in [5.41, 5.74) is 2.55. The van der Waals surface area contributed by atoms with Gasteiger partial charge in [-0.3, -0.25) is 4.79 Å². The van der Waals surface area contributed by atoms with Crippen LogP contribution >= 0.6 is 0 Å². The number of carbonyl (C=O) groups is 1. The molecule has 2 nitrogen and oxygen atoms in total. The second kappa shape index (κ2) is 9.83. The molecule has 8 atom stereocenters. The fourth-order valence-electron chi connectivity index (χ4n) is 9.07. The van der Waals surface area contributed by atoms with Crippen molar-refractivity contribution in [2.45, 2.75) is 131 Å². The highest BCUT2D eigenvalue weighted by atomic mass is 16.5. The Labute approximate surface area is 198 Å². The topological polar surface area (TPSA) is 26.3 Å². The molecular weight excluding hydrogens is 392 g/mol. The Balaban J connectivity index is 1.45. The van der Waals surface area contributed by atoms with Crippen LogP contribution in [-0.2, 0) is 9.53 Å². The van der Waals surface area contributed by atoms with Crippen LogP contribution < -0.4 is 0 Å². The average Bonchev–Trinajstić information content (AvgIpc) is 3.11. The molecule has 0 aromatic carbocycles. The van der Waals surface area contributed by atoms with E-state index in [1.807, 2.05) is 0 Å². The first-order valence-corrected chi connectivity index (χ1v) is 14.2. The molecule has 4 aliphatic carbocycles. The summed E-state index contributed by atoms with van der Waals surface area (Å²) < 4.78 is 5.85. The Morgan fingerprint density at radius 3 is 2.62 bits per heavy atom. The Bertz CT molecular complexity index is 695. The third-order valence-electron chi connectivity index (χ3n) is 10.8. The summed E-state index contributed by atoms with van der Waals surface area (Å²) in [5, 5.41) is 0. The molecule has 3 fully saturated rings. The molecule has 4 aliphatic rings. The van der Waals surface area contributed by atoms with Gasteiger partial charge in [-0.25, -0.2) is 0 Å². The molecule has 0 heterocycles. The highest BCUT2D eigenvalue weighted by Crippen LogP contribution is 2.67. The molecule has 0 bridgehead atoms. The molecule has 0 saturated heterocycles. The zero-order chi connectivity index (χ0) is 22.9. The van der Waals surface area contributed by atoms with Crippen molar-refractivity contribution in [1.29, 1.82) is 0 Å². The van der Waals surface area contributed by atoms with E-state index in [9.17, 15) is 4.79 Å². The fourth-order valence-corrected chi connectivity index (χ4v) is 9.07. The summed E-state index contributed by atoms with van der Waals surface area (Å²) in [6.07, 6.45) is 20.2. The molecule has 182 valence electrons. The number of esters is 1. The minimum absolute atomic E-state index is 0.00822. The summed E-state index contributed by atoms with van der Waals surface area (Å²) in [7, 11) is 0. The van der Waals surface area contributed by atoms with Crippen molar-refractivity contribution in [3.63, 3.8) is 0 Å². The molecule has 0 N–H and O–H groups in total. The predicted molar refractivity (Wildman–Crippen MR) is 133 cm³/mol. The number of fused-ring (bicyclic) bond motifs is 5. The van der Waals surface area contributed by atoms with Crippen LogP contribution in [0.2, 0.25) is 0 Å². The van der Waals surface area contributed by atoms with Crippen LogP contribution in [0.25, 0.3) is 0 Å². The predicted octanol–water partition coefficient (Wildman–Crippen LogP) is 8.49. The van der Waals surface area contributed by atoms with Crippen LogP contribution in [0, 0.1) is 40.4 Å². The van der Waals surface area contributed by atoms with Gasteiger partial charge in [0.1, 0.15) is 6.10 Å². The van der Waals surface area contributed by atoms with E-state index in [0.29, 0.717) is 17.3 Å². The molecule has 0 aliphatic heterocycles. The maximum atomic E-state index is 12.1. The zero-order valence-electron chi connectivity index (χ0n) is 21.8. The third-order valence-corrected chi connectivity index (χ3v) is 10.8. The van der Waals surface area contributed by atoms with Crippen LogP contribution in [0.15, 0.2) is 11.6 Å². The number of ether oxygens (including phenoxy) is 1. The molecule has 3 saturated carbocycles. The first-order valence-electron chi connectivity index (χ1n) is 14.2.